The van der Waals surface area contributed by atoms with Gasteiger partial charge in [-0.05, 0) is 43.4 Å². The van der Waals surface area contributed by atoms with Crippen LogP contribution in [0.2, 0.25) is 0 Å². The van der Waals surface area contributed by atoms with Gasteiger partial charge in [0.15, 0.2) is 5.69 Å². The van der Waals surface area contributed by atoms with Gasteiger partial charge in [-0.1, -0.05) is 36.4 Å². The number of hydrogen-bond acceptors (Lipinski definition) is 4. The highest BCUT2D eigenvalue weighted by atomic mass is 16.5. The molecule has 1 amide bonds. The van der Waals surface area contributed by atoms with E-state index in [4.69, 9.17) is 4.74 Å². The molecule has 144 valence electrons. The highest BCUT2D eigenvalue weighted by molar-refractivity contribution is 6.04. The Kier molecular flexibility index (Phi) is 5.48. The number of nitrogens with one attached hydrogen (secondary N) is 1. The number of ether oxygens (including phenoxy) is 1. The minimum Gasteiger partial charge on any atom is -0.381 e. The largest absolute Gasteiger partial charge is 0.381 e. The molecule has 4 rings (SSSR count). The third-order valence-corrected chi connectivity index (χ3v) is 4.82. The van der Waals surface area contributed by atoms with Crippen molar-refractivity contribution in [2.24, 2.45) is 5.92 Å². The Bertz CT molecular complexity index is 1030. The molecular formula is C22H23N3O3. The number of carbonyl (C=O) groups is 1. The maximum Gasteiger partial charge on any atom is 0.279 e. The molecule has 0 atom stereocenters. The van der Waals surface area contributed by atoms with Gasteiger partial charge >= 0.3 is 0 Å². The van der Waals surface area contributed by atoms with Gasteiger partial charge in [0.2, 0.25) is 0 Å². The van der Waals surface area contributed by atoms with Crippen LogP contribution in [0.25, 0.3) is 16.5 Å². The zero-order valence-electron chi connectivity index (χ0n) is 15.6. The first kappa shape index (κ1) is 18.4. The monoisotopic (exact) mass is 377 g/mol. The molecule has 1 fully saturated rings. The SMILES string of the molecule is O=C(NCCCOCC1CC1)c1nn(-c2ccccc2)c(=O)c2ccccc12. The molecule has 0 spiro atoms. The van der Waals surface area contributed by atoms with E-state index < -0.39 is 0 Å². The van der Waals surface area contributed by atoms with E-state index in [1.54, 1.807) is 36.4 Å². The molecule has 0 saturated heterocycles. The molecule has 1 saturated carbocycles. The highest BCUT2D eigenvalue weighted by Gasteiger charge is 2.21. The fourth-order valence-corrected chi connectivity index (χ4v) is 3.10. The van der Waals surface area contributed by atoms with Crippen LogP contribution in [0.5, 0.6) is 0 Å². The number of fused-ring (bicyclic) bond motifs is 1. The van der Waals surface area contributed by atoms with Gasteiger partial charge in [-0.25, -0.2) is 0 Å². The maximum absolute atomic E-state index is 12.8. The molecular weight excluding hydrogens is 354 g/mol. The first-order valence-electron chi connectivity index (χ1n) is 9.67. The average molecular weight is 377 g/mol. The van der Waals surface area contributed by atoms with Crippen molar-refractivity contribution in [2.45, 2.75) is 19.3 Å². The number of carbonyl (C=O) groups excluding carboxylic acids is 1. The Morgan fingerprint density at radius 1 is 1.07 bits per heavy atom. The third kappa shape index (κ3) is 4.12. The molecule has 6 heteroatoms. The van der Waals surface area contributed by atoms with Crippen LogP contribution < -0.4 is 10.9 Å². The van der Waals surface area contributed by atoms with E-state index in [-0.39, 0.29) is 17.2 Å². The van der Waals surface area contributed by atoms with Gasteiger partial charge in [0.25, 0.3) is 11.5 Å². The minimum atomic E-state index is -0.289. The van der Waals surface area contributed by atoms with Crippen molar-refractivity contribution in [3.8, 4) is 5.69 Å². The van der Waals surface area contributed by atoms with Crippen molar-refractivity contribution in [1.29, 1.82) is 0 Å². The van der Waals surface area contributed by atoms with Gasteiger partial charge in [-0.3, -0.25) is 9.59 Å². The van der Waals surface area contributed by atoms with Crippen molar-refractivity contribution >= 4 is 16.7 Å². The molecule has 0 aliphatic heterocycles. The van der Waals surface area contributed by atoms with Gasteiger partial charge in [-0.15, -0.1) is 0 Å². The second kappa shape index (κ2) is 8.35. The van der Waals surface area contributed by atoms with E-state index in [2.05, 4.69) is 10.4 Å². The summed E-state index contributed by atoms with van der Waals surface area (Å²) in [4.78, 5) is 25.6. The molecule has 1 N–H and O–H groups in total. The van der Waals surface area contributed by atoms with Crippen molar-refractivity contribution in [3.05, 3.63) is 70.6 Å². The van der Waals surface area contributed by atoms with E-state index >= 15 is 0 Å². The average Bonchev–Trinajstić information content (AvgIpc) is 3.56. The Balaban J connectivity index is 1.54. The summed E-state index contributed by atoms with van der Waals surface area (Å²) in [7, 11) is 0. The zero-order valence-corrected chi connectivity index (χ0v) is 15.6. The molecule has 0 radical (unpaired) electrons. The van der Waals surface area contributed by atoms with Gasteiger partial charge in [-0.2, -0.15) is 9.78 Å². The van der Waals surface area contributed by atoms with Gasteiger partial charge in [0.1, 0.15) is 0 Å². The number of amides is 1. The summed E-state index contributed by atoms with van der Waals surface area (Å²) in [5, 5.41) is 8.30. The van der Waals surface area contributed by atoms with Crippen molar-refractivity contribution in [1.82, 2.24) is 15.1 Å². The molecule has 0 bridgehead atoms. The highest BCUT2D eigenvalue weighted by Crippen LogP contribution is 2.28. The Morgan fingerprint density at radius 3 is 2.54 bits per heavy atom. The van der Waals surface area contributed by atoms with Crippen molar-refractivity contribution in [3.63, 3.8) is 0 Å². The van der Waals surface area contributed by atoms with E-state index in [0.717, 1.165) is 18.9 Å². The molecule has 28 heavy (non-hydrogen) atoms. The van der Waals surface area contributed by atoms with Crippen LogP contribution in [0.4, 0.5) is 0 Å². The fraction of sp³-hybridized carbons (Fsp3) is 0.318. The van der Waals surface area contributed by atoms with Crippen LogP contribution in [-0.4, -0.2) is 35.4 Å². The summed E-state index contributed by atoms with van der Waals surface area (Å²) in [5.74, 6) is 0.451. The standard InChI is InChI=1S/C22H23N3O3/c26-21(23-13-6-14-28-15-16-11-12-16)20-18-9-4-5-10-19(18)22(27)25(24-20)17-7-2-1-3-8-17/h1-5,7-10,16H,6,11-15H2,(H,23,26). The number of rotatable bonds is 8. The number of para-hydroxylation sites is 1. The lowest BCUT2D eigenvalue weighted by molar-refractivity contribution is 0.0932. The fourth-order valence-electron chi connectivity index (χ4n) is 3.10. The smallest absolute Gasteiger partial charge is 0.279 e. The second-order valence-corrected chi connectivity index (χ2v) is 7.07. The molecule has 1 aliphatic rings. The quantitative estimate of drug-likeness (QED) is 0.613. The maximum atomic E-state index is 12.8. The lowest BCUT2D eigenvalue weighted by atomic mass is 10.1. The predicted molar refractivity (Wildman–Crippen MR) is 108 cm³/mol. The summed E-state index contributed by atoms with van der Waals surface area (Å²) < 4.78 is 6.88. The normalized spacial score (nSPS) is 13.6. The number of nitrogens with zero attached hydrogens (tertiary/aromatic N) is 2. The van der Waals surface area contributed by atoms with E-state index in [0.29, 0.717) is 29.6 Å². The van der Waals surface area contributed by atoms with Gasteiger partial charge < -0.3 is 10.1 Å². The van der Waals surface area contributed by atoms with Crippen molar-refractivity contribution in [2.75, 3.05) is 19.8 Å². The molecule has 6 nitrogen and oxygen atoms in total. The molecule has 1 heterocycles. The topological polar surface area (TPSA) is 73.2 Å². The molecule has 1 aliphatic carbocycles. The summed E-state index contributed by atoms with van der Waals surface area (Å²) in [6.07, 6.45) is 3.29. The van der Waals surface area contributed by atoms with Crippen LogP contribution in [0.3, 0.4) is 0 Å². The van der Waals surface area contributed by atoms with Crippen LogP contribution in [0.15, 0.2) is 59.4 Å². The first-order valence-corrected chi connectivity index (χ1v) is 9.67. The molecule has 3 aromatic rings. The molecule has 1 aromatic heterocycles. The van der Waals surface area contributed by atoms with Gasteiger partial charge in [0, 0.05) is 25.1 Å². The van der Waals surface area contributed by atoms with E-state index in [9.17, 15) is 9.59 Å². The summed E-state index contributed by atoms with van der Waals surface area (Å²) in [5.41, 5.74) is 0.630. The lowest BCUT2D eigenvalue weighted by Gasteiger charge is -2.11. The second-order valence-electron chi connectivity index (χ2n) is 7.07. The van der Waals surface area contributed by atoms with Crippen molar-refractivity contribution < 1.29 is 9.53 Å². The lowest BCUT2D eigenvalue weighted by Crippen LogP contribution is -2.31. The summed E-state index contributed by atoms with van der Waals surface area (Å²) >= 11 is 0. The van der Waals surface area contributed by atoms with E-state index in [1.807, 2.05) is 18.2 Å². The number of hydrogen-bond donors (Lipinski definition) is 1. The number of benzene rings is 2. The number of aromatic nitrogens is 2. The Hall–Kier alpha value is -2.99. The molecule has 2 aromatic carbocycles. The Labute approximate surface area is 163 Å². The summed E-state index contributed by atoms with van der Waals surface area (Å²) in [6, 6.07) is 16.2. The first-order chi connectivity index (χ1) is 13.7. The van der Waals surface area contributed by atoms with Crippen LogP contribution in [-0.2, 0) is 4.74 Å². The summed E-state index contributed by atoms with van der Waals surface area (Å²) in [6.45, 7) is 1.96. The minimum absolute atomic E-state index is 0.244. The van der Waals surface area contributed by atoms with E-state index in [1.165, 1.54) is 17.5 Å². The van der Waals surface area contributed by atoms with Crippen LogP contribution in [0.1, 0.15) is 29.8 Å². The van der Waals surface area contributed by atoms with Gasteiger partial charge in [0.05, 0.1) is 11.1 Å². The van der Waals surface area contributed by atoms with Crippen LogP contribution >= 0.6 is 0 Å². The molecule has 0 unspecified atom stereocenters. The third-order valence-electron chi connectivity index (χ3n) is 4.82. The zero-order chi connectivity index (χ0) is 19.3. The predicted octanol–water partition coefficient (Wildman–Crippen LogP) is 2.93. The Morgan fingerprint density at radius 2 is 1.79 bits per heavy atom. The van der Waals surface area contributed by atoms with Crippen LogP contribution in [0, 0.1) is 5.92 Å².